The van der Waals surface area contributed by atoms with Crippen LogP contribution in [0.15, 0.2) is 43.1 Å². The molecule has 1 atom stereocenters. The first-order chi connectivity index (χ1) is 11.2. The molecule has 0 spiro atoms. The third-order valence-corrected chi connectivity index (χ3v) is 3.89. The first-order valence-electron chi connectivity index (χ1n) is 7.63. The van der Waals surface area contributed by atoms with E-state index in [1.165, 1.54) is 0 Å². The molecule has 0 saturated carbocycles. The summed E-state index contributed by atoms with van der Waals surface area (Å²) in [6, 6.07) is 5.61. The van der Waals surface area contributed by atoms with Crippen LogP contribution >= 0.6 is 0 Å². The highest BCUT2D eigenvalue weighted by Gasteiger charge is 2.34. The van der Waals surface area contributed by atoms with Crippen molar-refractivity contribution in [2.45, 2.75) is 19.5 Å². The Bertz CT molecular complexity index is 656. The zero-order valence-corrected chi connectivity index (χ0v) is 12.8. The van der Waals surface area contributed by atoms with Crippen LogP contribution in [0.5, 0.6) is 0 Å². The lowest BCUT2D eigenvalue weighted by atomic mass is 10.1. The molecule has 1 aliphatic rings. The van der Waals surface area contributed by atoms with Crippen LogP contribution < -0.4 is 5.32 Å². The molecule has 0 radical (unpaired) electrons. The van der Waals surface area contributed by atoms with Crippen molar-refractivity contribution in [3.05, 3.63) is 48.8 Å². The molecular formula is C16H19N5O2. The molecule has 0 aliphatic carbocycles. The maximum absolute atomic E-state index is 12.2. The second-order valence-corrected chi connectivity index (χ2v) is 5.59. The number of carbonyl (C=O) groups is 2. The third kappa shape index (κ3) is 3.94. The number of amides is 2. The van der Waals surface area contributed by atoms with E-state index in [9.17, 15) is 9.59 Å². The van der Waals surface area contributed by atoms with E-state index < -0.39 is 0 Å². The summed E-state index contributed by atoms with van der Waals surface area (Å²) in [4.78, 5) is 34.1. The maximum atomic E-state index is 12.2. The average Bonchev–Trinajstić information content (AvgIpc) is 3.19. The zero-order valence-electron chi connectivity index (χ0n) is 12.8. The Balaban J connectivity index is 1.47. The molecule has 0 aromatic carbocycles. The monoisotopic (exact) mass is 313 g/mol. The Morgan fingerprint density at radius 2 is 2.26 bits per heavy atom. The number of hydrogen-bond acceptors (Lipinski definition) is 4. The number of imidazole rings is 1. The van der Waals surface area contributed by atoms with Gasteiger partial charge in [-0.05, 0) is 12.1 Å². The fourth-order valence-electron chi connectivity index (χ4n) is 2.66. The zero-order chi connectivity index (χ0) is 16.1. The lowest BCUT2D eigenvalue weighted by Crippen LogP contribution is -2.34. The van der Waals surface area contributed by atoms with Gasteiger partial charge in [-0.1, -0.05) is 6.07 Å². The van der Waals surface area contributed by atoms with Crippen molar-refractivity contribution >= 4 is 11.8 Å². The molecule has 1 aliphatic heterocycles. The summed E-state index contributed by atoms with van der Waals surface area (Å²) in [6.45, 7) is 2.11. The lowest BCUT2D eigenvalue weighted by molar-refractivity contribution is -0.129. The number of rotatable bonds is 6. The molecule has 1 fully saturated rings. The van der Waals surface area contributed by atoms with E-state index in [0.717, 1.165) is 5.69 Å². The molecular weight excluding hydrogens is 294 g/mol. The molecule has 23 heavy (non-hydrogen) atoms. The van der Waals surface area contributed by atoms with Gasteiger partial charge in [0, 0.05) is 44.6 Å². The number of carbonyl (C=O) groups excluding carboxylic acids is 2. The van der Waals surface area contributed by atoms with Crippen LogP contribution in [0.4, 0.5) is 0 Å². The minimum atomic E-state index is -0.283. The van der Waals surface area contributed by atoms with E-state index in [-0.39, 0.29) is 24.2 Å². The van der Waals surface area contributed by atoms with Crippen LogP contribution in [0.25, 0.3) is 0 Å². The van der Waals surface area contributed by atoms with E-state index in [2.05, 4.69) is 15.3 Å². The van der Waals surface area contributed by atoms with Crippen molar-refractivity contribution in [1.82, 2.24) is 24.8 Å². The number of likely N-dealkylation sites (tertiary alicyclic amines) is 1. The van der Waals surface area contributed by atoms with Gasteiger partial charge in [-0.15, -0.1) is 0 Å². The normalized spacial score (nSPS) is 17.5. The lowest BCUT2D eigenvalue weighted by Gasteiger charge is -2.16. The SMILES string of the molecule is O=C(NCCn1ccnc1)[C@@H]1CC(=O)N(Cc2ccccn2)C1. The van der Waals surface area contributed by atoms with Gasteiger partial charge in [-0.25, -0.2) is 4.98 Å². The van der Waals surface area contributed by atoms with Crippen molar-refractivity contribution in [3.8, 4) is 0 Å². The highest BCUT2D eigenvalue weighted by Crippen LogP contribution is 2.19. The minimum Gasteiger partial charge on any atom is -0.354 e. The summed E-state index contributed by atoms with van der Waals surface area (Å²) in [6.07, 6.45) is 7.23. The minimum absolute atomic E-state index is 0.00501. The summed E-state index contributed by atoms with van der Waals surface area (Å²) in [7, 11) is 0. The van der Waals surface area contributed by atoms with Crippen molar-refractivity contribution in [3.63, 3.8) is 0 Å². The molecule has 7 heteroatoms. The first-order valence-corrected chi connectivity index (χ1v) is 7.63. The second-order valence-electron chi connectivity index (χ2n) is 5.59. The van der Waals surface area contributed by atoms with Crippen molar-refractivity contribution in [2.24, 2.45) is 5.92 Å². The van der Waals surface area contributed by atoms with Gasteiger partial charge in [0.25, 0.3) is 0 Å². The van der Waals surface area contributed by atoms with E-state index >= 15 is 0 Å². The summed E-state index contributed by atoms with van der Waals surface area (Å²) in [5.74, 6) is -0.346. The smallest absolute Gasteiger partial charge is 0.225 e. The van der Waals surface area contributed by atoms with Gasteiger partial charge < -0.3 is 14.8 Å². The molecule has 0 unspecified atom stereocenters. The predicted octanol–water partition coefficient (Wildman–Crippen LogP) is 0.443. The Kier molecular flexibility index (Phi) is 4.65. The predicted molar refractivity (Wildman–Crippen MR) is 83.0 cm³/mol. The molecule has 7 nitrogen and oxygen atoms in total. The molecule has 3 heterocycles. The molecule has 1 saturated heterocycles. The molecule has 2 aromatic heterocycles. The largest absolute Gasteiger partial charge is 0.354 e. The van der Waals surface area contributed by atoms with Crippen LogP contribution in [-0.2, 0) is 22.7 Å². The molecule has 120 valence electrons. The molecule has 2 amide bonds. The van der Waals surface area contributed by atoms with Gasteiger partial charge >= 0.3 is 0 Å². The molecule has 1 N–H and O–H groups in total. The van der Waals surface area contributed by atoms with Crippen LogP contribution in [0.1, 0.15) is 12.1 Å². The van der Waals surface area contributed by atoms with E-state index in [1.54, 1.807) is 23.6 Å². The number of aromatic nitrogens is 3. The highest BCUT2D eigenvalue weighted by molar-refractivity contribution is 5.89. The summed E-state index contributed by atoms with van der Waals surface area (Å²) >= 11 is 0. The summed E-state index contributed by atoms with van der Waals surface area (Å²) in [5.41, 5.74) is 0.835. The van der Waals surface area contributed by atoms with Crippen molar-refractivity contribution in [2.75, 3.05) is 13.1 Å². The van der Waals surface area contributed by atoms with E-state index in [4.69, 9.17) is 0 Å². The van der Waals surface area contributed by atoms with Gasteiger partial charge in [0.05, 0.1) is 24.5 Å². The van der Waals surface area contributed by atoms with Crippen LogP contribution in [-0.4, -0.2) is 44.3 Å². The fourth-order valence-corrected chi connectivity index (χ4v) is 2.66. The average molecular weight is 313 g/mol. The Labute approximate surface area is 134 Å². The number of nitrogens with one attached hydrogen (secondary N) is 1. The second kappa shape index (κ2) is 7.04. The summed E-state index contributed by atoms with van der Waals surface area (Å²) < 4.78 is 1.90. The molecule has 2 aromatic rings. The van der Waals surface area contributed by atoms with Gasteiger partial charge in [-0.3, -0.25) is 14.6 Å². The number of pyridine rings is 1. The number of hydrogen-bond donors (Lipinski definition) is 1. The standard InChI is InChI=1S/C16H19N5O2/c22-15-9-13(10-21(15)11-14-3-1-2-4-18-14)16(23)19-6-8-20-7-5-17-12-20/h1-5,7,12-13H,6,8-11H2,(H,19,23)/t13-/m1/s1. The third-order valence-electron chi connectivity index (χ3n) is 3.89. The van der Waals surface area contributed by atoms with Crippen molar-refractivity contribution in [1.29, 1.82) is 0 Å². The molecule has 3 rings (SSSR count). The van der Waals surface area contributed by atoms with Crippen LogP contribution in [0, 0.1) is 5.92 Å². The maximum Gasteiger partial charge on any atom is 0.225 e. The fraction of sp³-hybridized carbons (Fsp3) is 0.375. The van der Waals surface area contributed by atoms with E-state index in [1.807, 2.05) is 29.0 Å². The summed E-state index contributed by atoms with van der Waals surface area (Å²) in [5, 5.41) is 2.89. The Morgan fingerprint density at radius 1 is 1.35 bits per heavy atom. The highest BCUT2D eigenvalue weighted by atomic mass is 16.2. The van der Waals surface area contributed by atoms with Crippen LogP contribution in [0.3, 0.4) is 0 Å². The quantitative estimate of drug-likeness (QED) is 0.839. The Morgan fingerprint density at radius 3 is 3.00 bits per heavy atom. The topological polar surface area (TPSA) is 80.1 Å². The molecule has 0 bridgehead atoms. The van der Waals surface area contributed by atoms with E-state index in [0.29, 0.717) is 26.2 Å². The van der Waals surface area contributed by atoms with Gasteiger partial charge in [-0.2, -0.15) is 0 Å². The number of nitrogens with zero attached hydrogens (tertiary/aromatic N) is 4. The van der Waals surface area contributed by atoms with Crippen LogP contribution in [0.2, 0.25) is 0 Å². The van der Waals surface area contributed by atoms with Gasteiger partial charge in [0.2, 0.25) is 11.8 Å². The van der Waals surface area contributed by atoms with Crippen molar-refractivity contribution < 1.29 is 9.59 Å². The van der Waals surface area contributed by atoms with Gasteiger partial charge in [0.1, 0.15) is 0 Å². The van der Waals surface area contributed by atoms with Gasteiger partial charge in [0.15, 0.2) is 0 Å². The Hall–Kier alpha value is -2.70. The first kappa shape index (κ1) is 15.2.